The Bertz CT molecular complexity index is 1140. The van der Waals surface area contributed by atoms with Crippen LogP contribution in [0.1, 0.15) is 62.8 Å². The Morgan fingerprint density at radius 3 is 2.55 bits per heavy atom. The summed E-state index contributed by atoms with van der Waals surface area (Å²) in [6.07, 6.45) is 1.37. The summed E-state index contributed by atoms with van der Waals surface area (Å²) in [6, 6.07) is 3.61. The zero-order valence-corrected chi connectivity index (χ0v) is 22.0. The monoisotopic (exact) mass is 536 g/mol. The molecule has 1 aromatic heterocycles. The SMILES string of the molecule is CC(NC(=O)OC(C)(C)C)c1oc(-c2ccc(OC(F)F)c(OCC3CC3)c2)nc1C(=O)N1CCNCC1. The second kappa shape index (κ2) is 11.5. The molecule has 0 radical (unpaired) electrons. The minimum absolute atomic E-state index is 0.0545. The van der Waals surface area contributed by atoms with E-state index in [9.17, 15) is 18.4 Å². The summed E-state index contributed by atoms with van der Waals surface area (Å²) in [7, 11) is 0. The highest BCUT2D eigenvalue weighted by Crippen LogP contribution is 2.37. The van der Waals surface area contributed by atoms with E-state index in [-0.39, 0.29) is 34.8 Å². The average Bonchev–Trinajstić information content (AvgIpc) is 3.57. The molecule has 1 unspecified atom stereocenters. The topological polar surface area (TPSA) is 115 Å². The number of benzene rings is 1. The molecule has 1 saturated heterocycles. The minimum Gasteiger partial charge on any atom is -0.489 e. The Labute approximate surface area is 220 Å². The third-order valence-corrected chi connectivity index (χ3v) is 5.96. The maximum absolute atomic E-state index is 13.4. The zero-order valence-electron chi connectivity index (χ0n) is 22.0. The quantitative estimate of drug-likeness (QED) is 0.486. The van der Waals surface area contributed by atoms with Crippen molar-refractivity contribution in [2.45, 2.75) is 58.8 Å². The van der Waals surface area contributed by atoms with Crippen molar-refractivity contribution in [3.8, 4) is 23.0 Å². The van der Waals surface area contributed by atoms with Gasteiger partial charge in [0.25, 0.3) is 5.91 Å². The Morgan fingerprint density at radius 2 is 1.92 bits per heavy atom. The highest BCUT2D eigenvalue weighted by Gasteiger charge is 2.31. The molecule has 2 fully saturated rings. The molecule has 1 aliphatic carbocycles. The van der Waals surface area contributed by atoms with Crippen LogP contribution in [0.2, 0.25) is 0 Å². The summed E-state index contributed by atoms with van der Waals surface area (Å²) in [5.41, 5.74) is -0.254. The number of aromatic nitrogens is 1. The molecule has 2 aromatic rings. The predicted molar refractivity (Wildman–Crippen MR) is 133 cm³/mol. The Kier molecular flexibility index (Phi) is 8.39. The molecule has 38 heavy (non-hydrogen) atoms. The van der Waals surface area contributed by atoms with Crippen LogP contribution < -0.4 is 20.1 Å². The van der Waals surface area contributed by atoms with Gasteiger partial charge < -0.3 is 34.2 Å². The molecular formula is C26H34F2N4O6. The molecule has 0 bridgehead atoms. The molecule has 208 valence electrons. The maximum Gasteiger partial charge on any atom is 0.408 e. The van der Waals surface area contributed by atoms with Crippen molar-refractivity contribution >= 4 is 12.0 Å². The van der Waals surface area contributed by atoms with E-state index in [0.29, 0.717) is 44.3 Å². The lowest BCUT2D eigenvalue weighted by molar-refractivity contribution is -0.0515. The largest absolute Gasteiger partial charge is 0.489 e. The summed E-state index contributed by atoms with van der Waals surface area (Å²) in [4.78, 5) is 32.0. The number of nitrogens with zero attached hydrogens (tertiary/aromatic N) is 2. The van der Waals surface area contributed by atoms with Crippen LogP contribution in [0.15, 0.2) is 22.6 Å². The van der Waals surface area contributed by atoms with Gasteiger partial charge in [0.05, 0.1) is 12.6 Å². The third-order valence-electron chi connectivity index (χ3n) is 5.96. The van der Waals surface area contributed by atoms with E-state index in [0.717, 1.165) is 12.8 Å². The molecule has 2 heterocycles. The Balaban J connectivity index is 1.66. The molecule has 0 spiro atoms. The number of rotatable bonds is 9. The van der Waals surface area contributed by atoms with Crippen LogP contribution in [-0.2, 0) is 4.74 Å². The van der Waals surface area contributed by atoms with E-state index in [1.165, 1.54) is 18.2 Å². The Hall–Kier alpha value is -3.41. The van der Waals surface area contributed by atoms with E-state index in [4.69, 9.17) is 13.9 Å². The van der Waals surface area contributed by atoms with Crippen LogP contribution in [0.3, 0.4) is 0 Å². The summed E-state index contributed by atoms with van der Waals surface area (Å²) in [6.45, 7) is 6.53. The summed E-state index contributed by atoms with van der Waals surface area (Å²) < 4.78 is 47.7. The molecular weight excluding hydrogens is 502 g/mol. The first-order valence-electron chi connectivity index (χ1n) is 12.7. The fourth-order valence-corrected chi connectivity index (χ4v) is 3.91. The number of carbonyl (C=O) groups is 2. The van der Waals surface area contributed by atoms with Gasteiger partial charge in [-0.05, 0) is 64.7 Å². The summed E-state index contributed by atoms with van der Waals surface area (Å²) in [5, 5.41) is 5.89. The molecule has 2 amide bonds. The summed E-state index contributed by atoms with van der Waals surface area (Å²) in [5.74, 6) is 0.309. The number of ether oxygens (including phenoxy) is 3. The van der Waals surface area contributed by atoms with Gasteiger partial charge in [0.2, 0.25) is 5.89 Å². The molecule has 1 atom stereocenters. The van der Waals surface area contributed by atoms with Gasteiger partial charge in [0.15, 0.2) is 23.0 Å². The van der Waals surface area contributed by atoms with Crippen LogP contribution >= 0.6 is 0 Å². The fourth-order valence-electron chi connectivity index (χ4n) is 3.91. The molecule has 1 aliphatic heterocycles. The van der Waals surface area contributed by atoms with Crippen molar-refractivity contribution in [2.24, 2.45) is 5.92 Å². The lowest BCUT2D eigenvalue weighted by Crippen LogP contribution is -2.46. The number of hydrogen-bond donors (Lipinski definition) is 2. The number of amides is 2. The standard InChI is InChI=1S/C26H34F2N4O6/c1-15(30-25(34)38-26(2,3)4)21-20(23(33)32-11-9-29-10-12-32)31-22(37-21)17-7-8-18(36-24(27)28)19(13-17)35-14-16-5-6-16/h7-8,13,15-16,24,29H,5-6,9-12,14H2,1-4H3,(H,30,34). The first kappa shape index (κ1) is 27.6. The average molecular weight is 537 g/mol. The van der Waals surface area contributed by atoms with E-state index in [1.807, 2.05) is 0 Å². The van der Waals surface area contributed by atoms with Gasteiger partial charge in [-0.15, -0.1) is 0 Å². The molecule has 2 N–H and O–H groups in total. The van der Waals surface area contributed by atoms with Gasteiger partial charge in [0, 0.05) is 31.7 Å². The van der Waals surface area contributed by atoms with Crippen molar-refractivity contribution in [2.75, 3.05) is 32.8 Å². The minimum atomic E-state index is -3.01. The first-order chi connectivity index (χ1) is 18.0. The van der Waals surface area contributed by atoms with Crippen LogP contribution in [0.4, 0.5) is 13.6 Å². The number of hydrogen-bond acceptors (Lipinski definition) is 8. The number of carbonyl (C=O) groups excluding carboxylic acids is 2. The van der Waals surface area contributed by atoms with Crippen molar-refractivity contribution in [3.05, 3.63) is 29.7 Å². The van der Waals surface area contributed by atoms with Crippen LogP contribution in [0, 0.1) is 5.92 Å². The molecule has 2 aliphatic rings. The van der Waals surface area contributed by atoms with Gasteiger partial charge >= 0.3 is 12.7 Å². The molecule has 1 saturated carbocycles. The highest BCUT2D eigenvalue weighted by molar-refractivity contribution is 5.94. The number of halogens is 2. The van der Waals surface area contributed by atoms with Crippen LogP contribution in [0.25, 0.3) is 11.5 Å². The van der Waals surface area contributed by atoms with Gasteiger partial charge in [-0.3, -0.25) is 4.79 Å². The molecule has 4 rings (SSSR count). The molecule has 1 aromatic carbocycles. The fraction of sp³-hybridized carbons (Fsp3) is 0.577. The normalized spacial score (nSPS) is 16.8. The van der Waals surface area contributed by atoms with Crippen molar-refractivity contribution in [3.63, 3.8) is 0 Å². The third kappa shape index (κ3) is 7.33. The number of piperazine rings is 1. The number of oxazole rings is 1. The molecule has 12 heteroatoms. The number of alkyl halides is 2. The van der Waals surface area contributed by atoms with E-state index in [2.05, 4.69) is 20.4 Å². The second-order valence-electron chi connectivity index (χ2n) is 10.4. The maximum atomic E-state index is 13.4. The van der Waals surface area contributed by atoms with Gasteiger partial charge in [-0.25, -0.2) is 9.78 Å². The molecule has 10 nitrogen and oxygen atoms in total. The van der Waals surface area contributed by atoms with E-state index < -0.39 is 24.3 Å². The van der Waals surface area contributed by atoms with Crippen LogP contribution in [-0.4, -0.2) is 66.9 Å². The smallest absolute Gasteiger partial charge is 0.408 e. The van der Waals surface area contributed by atoms with Gasteiger partial charge in [-0.2, -0.15) is 8.78 Å². The lowest BCUT2D eigenvalue weighted by atomic mass is 10.2. The lowest BCUT2D eigenvalue weighted by Gasteiger charge is -2.27. The number of nitrogens with one attached hydrogen (secondary N) is 2. The zero-order chi connectivity index (χ0) is 27.4. The highest BCUT2D eigenvalue weighted by atomic mass is 19.3. The van der Waals surface area contributed by atoms with Crippen molar-refractivity contribution < 1.29 is 37.0 Å². The van der Waals surface area contributed by atoms with Gasteiger partial charge in [-0.1, -0.05) is 0 Å². The number of alkyl carbamates (subject to hydrolysis) is 1. The van der Waals surface area contributed by atoms with Crippen LogP contribution in [0.5, 0.6) is 11.5 Å². The van der Waals surface area contributed by atoms with Crippen molar-refractivity contribution in [1.29, 1.82) is 0 Å². The van der Waals surface area contributed by atoms with E-state index in [1.54, 1.807) is 32.6 Å². The Morgan fingerprint density at radius 1 is 1.21 bits per heavy atom. The predicted octanol–water partition coefficient (Wildman–Crippen LogP) is 4.36. The van der Waals surface area contributed by atoms with Crippen molar-refractivity contribution in [1.82, 2.24) is 20.5 Å². The second-order valence-corrected chi connectivity index (χ2v) is 10.4. The van der Waals surface area contributed by atoms with Gasteiger partial charge in [0.1, 0.15) is 5.60 Å². The first-order valence-corrected chi connectivity index (χ1v) is 12.7. The van der Waals surface area contributed by atoms with E-state index >= 15 is 0 Å². The summed E-state index contributed by atoms with van der Waals surface area (Å²) >= 11 is 0.